The van der Waals surface area contributed by atoms with Crippen molar-refractivity contribution in [1.82, 2.24) is 0 Å². The summed E-state index contributed by atoms with van der Waals surface area (Å²) in [6.07, 6.45) is 1.92. The maximum absolute atomic E-state index is 13.0. The van der Waals surface area contributed by atoms with Crippen molar-refractivity contribution in [2.45, 2.75) is 71.9 Å². The third-order valence-electron chi connectivity index (χ3n) is 5.94. The van der Waals surface area contributed by atoms with Gasteiger partial charge in [0.1, 0.15) is 0 Å². The topological polar surface area (TPSA) is 104 Å². The number of aryl methyl sites for hydroxylation is 1. The lowest BCUT2D eigenvalue weighted by molar-refractivity contribution is -0.144. The largest absolute Gasteiger partial charge is 0.481 e. The van der Waals surface area contributed by atoms with Crippen LogP contribution >= 0.6 is 0 Å². The Bertz CT molecular complexity index is 717. The number of hydrogen-bond acceptors (Lipinski definition) is 4. The fraction of sp³-hybridized carbons (Fsp3) is 0.652. The van der Waals surface area contributed by atoms with E-state index in [4.69, 9.17) is 5.73 Å². The molecule has 3 atom stereocenters. The van der Waals surface area contributed by atoms with Gasteiger partial charge in [-0.15, -0.1) is 0 Å². The molecule has 0 radical (unpaired) electrons. The van der Waals surface area contributed by atoms with Gasteiger partial charge in [0.2, 0.25) is 5.91 Å². The number of nitrogens with two attached hydrogens (primary N) is 1. The zero-order valence-corrected chi connectivity index (χ0v) is 18.1. The first-order valence-corrected chi connectivity index (χ1v) is 10.6. The predicted octanol–water partition coefficient (Wildman–Crippen LogP) is 3.21. The Labute approximate surface area is 174 Å². The molecule has 1 heterocycles. The predicted molar refractivity (Wildman–Crippen MR) is 115 cm³/mol. The van der Waals surface area contributed by atoms with Crippen molar-refractivity contribution in [2.75, 3.05) is 11.4 Å². The number of carbonyl (C=O) groups excluding carboxylic acids is 1. The fourth-order valence-electron chi connectivity index (χ4n) is 4.24. The van der Waals surface area contributed by atoms with Gasteiger partial charge >= 0.3 is 5.97 Å². The third kappa shape index (κ3) is 6.28. The van der Waals surface area contributed by atoms with Gasteiger partial charge in [-0.25, -0.2) is 0 Å². The van der Waals surface area contributed by atoms with Crippen LogP contribution in [-0.2, 0) is 16.0 Å². The zero-order valence-electron chi connectivity index (χ0n) is 18.1. The number of fused-ring (bicyclic) bond motifs is 1. The van der Waals surface area contributed by atoms with Crippen LogP contribution in [-0.4, -0.2) is 40.8 Å². The number of rotatable bonds is 9. The molecule has 2 rings (SSSR count). The molecule has 1 aliphatic rings. The molecule has 162 valence electrons. The van der Waals surface area contributed by atoms with E-state index in [0.29, 0.717) is 12.8 Å². The van der Waals surface area contributed by atoms with Crippen molar-refractivity contribution in [2.24, 2.45) is 23.0 Å². The zero-order chi connectivity index (χ0) is 21.8. The Balaban J connectivity index is 1.98. The van der Waals surface area contributed by atoms with Crippen LogP contribution in [0.5, 0.6) is 0 Å². The minimum absolute atomic E-state index is 0.0643. The number of carbonyl (C=O) groups is 2. The molecule has 0 saturated carbocycles. The van der Waals surface area contributed by atoms with Gasteiger partial charge in [-0.3, -0.25) is 9.59 Å². The molecule has 0 aliphatic carbocycles. The Morgan fingerprint density at radius 2 is 1.90 bits per heavy atom. The average molecular weight is 405 g/mol. The highest BCUT2D eigenvalue weighted by Crippen LogP contribution is 2.33. The summed E-state index contributed by atoms with van der Waals surface area (Å²) in [5.41, 5.74) is 8.00. The highest BCUT2D eigenvalue weighted by molar-refractivity contribution is 5.94. The number of benzene rings is 1. The molecular formula is C23H36N2O4. The molecule has 0 aromatic heterocycles. The maximum atomic E-state index is 13.0. The van der Waals surface area contributed by atoms with Gasteiger partial charge in [-0.2, -0.15) is 0 Å². The molecule has 1 aromatic carbocycles. The van der Waals surface area contributed by atoms with Gasteiger partial charge in [-0.1, -0.05) is 45.9 Å². The summed E-state index contributed by atoms with van der Waals surface area (Å²) in [4.78, 5) is 26.3. The summed E-state index contributed by atoms with van der Waals surface area (Å²) in [6.45, 7) is 8.33. The van der Waals surface area contributed by atoms with E-state index in [2.05, 4.69) is 6.07 Å². The summed E-state index contributed by atoms with van der Waals surface area (Å²) in [5.74, 6) is -1.56. The highest BCUT2D eigenvalue weighted by atomic mass is 16.4. The number of nitrogens with zero attached hydrogens (tertiary/aromatic N) is 1. The van der Waals surface area contributed by atoms with Crippen molar-refractivity contribution in [3.05, 3.63) is 29.8 Å². The van der Waals surface area contributed by atoms with Crippen molar-refractivity contribution < 1.29 is 19.8 Å². The Morgan fingerprint density at radius 3 is 2.52 bits per heavy atom. The smallest absolute Gasteiger partial charge is 0.306 e. The number of aliphatic hydroxyl groups excluding tert-OH is 1. The molecule has 0 unspecified atom stereocenters. The number of carboxylic acid groups (broad SMARTS) is 1. The molecule has 6 heteroatoms. The summed E-state index contributed by atoms with van der Waals surface area (Å²) < 4.78 is 0. The normalized spacial score (nSPS) is 17.6. The first-order valence-electron chi connectivity index (χ1n) is 10.6. The number of anilines is 1. The van der Waals surface area contributed by atoms with E-state index in [0.717, 1.165) is 25.1 Å². The molecule has 1 aliphatic heterocycles. The summed E-state index contributed by atoms with van der Waals surface area (Å²) in [7, 11) is 0. The molecule has 0 bridgehead atoms. The van der Waals surface area contributed by atoms with E-state index in [1.807, 2.05) is 50.8 Å². The second kappa shape index (κ2) is 9.72. The Morgan fingerprint density at radius 1 is 1.24 bits per heavy atom. The number of aliphatic carboxylic acids is 1. The molecule has 1 aromatic rings. The number of amides is 1. The molecule has 6 nitrogen and oxygen atoms in total. The Kier molecular flexibility index (Phi) is 7.83. The van der Waals surface area contributed by atoms with Crippen LogP contribution in [0, 0.1) is 17.3 Å². The van der Waals surface area contributed by atoms with Crippen molar-refractivity contribution in [1.29, 1.82) is 0 Å². The van der Waals surface area contributed by atoms with Gasteiger partial charge in [0.05, 0.1) is 12.0 Å². The van der Waals surface area contributed by atoms with E-state index in [-0.39, 0.29) is 18.2 Å². The highest BCUT2D eigenvalue weighted by Gasteiger charge is 2.33. The lowest BCUT2D eigenvalue weighted by Gasteiger charge is -2.35. The van der Waals surface area contributed by atoms with Gasteiger partial charge in [0.15, 0.2) is 0 Å². The molecule has 0 fully saturated rings. The second-order valence-corrected chi connectivity index (χ2v) is 9.48. The number of aliphatic hydroxyl groups is 1. The minimum atomic E-state index is -0.913. The molecule has 1 amide bonds. The van der Waals surface area contributed by atoms with Crippen molar-refractivity contribution in [3.63, 3.8) is 0 Å². The lowest BCUT2D eigenvalue weighted by atomic mass is 9.79. The van der Waals surface area contributed by atoms with Gasteiger partial charge in [-0.05, 0) is 48.6 Å². The van der Waals surface area contributed by atoms with E-state index in [1.165, 1.54) is 5.56 Å². The fourth-order valence-corrected chi connectivity index (χ4v) is 4.24. The van der Waals surface area contributed by atoms with Crippen molar-refractivity contribution in [3.8, 4) is 0 Å². The molecule has 29 heavy (non-hydrogen) atoms. The standard InChI is InChI=1S/C23H36N2O4/c1-15(2)17(22(28)29)12-20(26)18(24)13-23(3,4)14-21(27)25-11-7-9-16-8-5-6-10-19(16)25/h5-6,8,10,15,17-18,20,26H,7,9,11-14,24H2,1-4H3,(H,28,29)/t17-,18+,20+/m1/s1. The average Bonchev–Trinajstić information content (AvgIpc) is 2.63. The summed E-state index contributed by atoms with van der Waals surface area (Å²) in [5, 5.41) is 19.8. The van der Waals surface area contributed by atoms with Gasteiger partial charge < -0.3 is 20.8 Å². The molecule has 0 spiro atoms. The Hall–Kier alpha value is -1.92. The second-order valence-electron chi connectivity index (χ2n) is 9.48. The van der Waals surface area contributed by atoms with Gasteiger partial charge in [0.25, 0.3) is 0 Å². The quantitative estimate of drug-likeness (QED) is 0.586. The monoisotopic (exact) mass is 404 g/mol. The summed E-state index contributed by atoms with van der Waals surface area (Å²) in [6, 6.07) is 7.44. The minimum Gasteiger partial charge on any atom is -0.481 e. The van der Waals surface area contributed by atoms with Crippen molar-refractivity contribution >= 4 is 17.6 Å². The van der Waals surface area contributed by atoms with E-state index in [1.54, 1.807) is 0 Å². The molecule has 0 saturated heterocycles. The van der Waals surface area contributed by atoms with Crippen LogP contribution in [0.4, 0.5) is 5.69 Å². The first-order chi connectivity index (χ1) is 13.5. The number of para-hydroxylation sites is 1. The van der Waals surface area contributed by atoms with E-state index < -0.39 is 29.4 Å². The van der Waals surface area contributed by atoms with Crippen LogP contribution in [0.1, 0.15) is 58.9 Å². The van der Waals surface area contributed by atoms with Crippen LogP contribution in [0.25, 0.3) is 0 Å². The van der Waals surface area contributed by atoms with E-state index in [9.17, 15) is 19.8 Å². The van der Waals surface area contributed by atoms with Crippen LogP contribution < -0.4 is 10.6 Å². The summed E-state index contributed by atoms with van der Waals surface area (Å²) >= 11 is 0. The van der Waals surface area contributed by atoms with Crippen LogP contribution in [0.3, 0.4) is 0 Å². The SMILES string of the molecule is CC(C)[C@@H](C[C@H](O)[C@@H](N)CC(C)(C)CC(=O)N1CCCc2ccccc21)C(=O)O. The number of hydrogen-bond donors (Lipinski definition) is 3. The molecule has 4 N–H and O–H groups in total. The van der Waals surface area contributed by atoms with Gasteiger partial charge in [0, 0.05) is 24.7 Å². The van der Waals surface area contributed by atoms with Crippen LogP contribution in [0.2, 0.25) is 0 Å². The number of carboxylic acids is 1. The first kappa shape index (κ1) is 23.4. The lowest BCUT2D eigenvalue weighted by Crippen LogP contribution is -2.43. The van der Waals surface area contributed by atoms with Crippen LogP contribution in [0.15, 0.2) is 24.3 Å². The third-order valence-corrected chi connectivity index (χ3v) is 5.94. The van der Waals surface area contributed by atoms with E-state index >= 15 is 0 Å². The molecular weight excluding hydrogens is 368 g/mol. The maximum Gasteiger partial charge on any atom is 0.306 e.